The number of hydrogen-bond acceptors (Lipinski definition) is 6. The smallest absolute Gasteiger partial charge is 0.233 e. The monoisotopic (exact) mass is 493 g/mol. The number of carbonyl (C=O) groups is 2. The predicted octanol–water partition coefficient (Wildman–Crippen LogP) is 3.42. The van der Waals surface area contributed by atoms with Gasteiger partial charge in [-0.15, -0.1) is 10.2 Å². The second-order valence-electron chi connectivity index (χ2n) is 8.42. The lowest BCUT2D eigenvalue weighted by Crippen LogP contribution is -2.43. The van der Waals surface area contributed by atoms with Crippen LogP contribution in [-0.2, 0) is 14.3 Å². The molecule has 2 heterocycles. The lowest BCUT2D eigenvalue weighted by Gasteiger charge is -2.31. The lowest BCUT2D eigenvalue weighted by atomic mass is 9.96. The van der Waals surface area contributed by atoms with Crippen molar-refractivity contribution in [1.82, 2.24) is 25.0 Å². The average Bonchev–Trinajstić information content (AvgIpc) is 3.35. The van der Waals surface area contributed by atoms with E-state index in [4.69, 9.17) is 4.74 Å². The number of likely N-dealkylation sites (tertiary alicyclic amines) is 1. The van der Waals surface area contributed by atoms with Crippen LogP contribution in [0.4, 0.5) is 0 Å². The molecule has 2 amide bonds. The molecule has 1 saturated heterocycles. The number of benzene rings is 2. The maximum absolute atomic E-state index is 12.9. The van der Waals surface area contributed by atoms with E-state index in [1.54, 1.807) is 7.11 Å². The largest absolute Gasteiger partial charge is 0.385 e. The van der Waals surface area contributed by atoms with E-state index in [0.29, 0.717) is 44.2 Å². The fraction of sp³-hybridized carbons (Fsp3) is 0.385. The molecule has 0 radical (unpaired) electrons. The van der Waals surface area contributed by atoms with Gasteiger partial charge in [-0.25, -0.2) is 0 Å². The number of thioether (sulfide) groups is 1. The molecule has 4 rings (SSSR count). The van der Waals surface area contributed by atoms with Crippen molar-refractivity contribution < 1.29 is 14.3 Å². The SMILES string of the molecule is COCCCNC(=O)C1CCN(C(=O)CSc2nnc(-c3ccccc3)n2-c2ccccc2)CC1. The normalized spacial score (nSPS) is 14.1. The summed E-state index contributed by atoms with van der Waals surface area (Å²) in [6.45, 7) is 2.44. The fourth-order valence-electron chi connectivity index (χ4n) is 4.13. The second kappa shape index (κ2) is 12.5. The summed E-state index contributed by atoms with van der Waals surface area (Å²) < 4.78 is 7.01. The summed E-state index contributed by atoms with van der Waals surface area (Å²) in [5.41, 5.74) is 1.91. The zero-order valence-corrected chi connectivity index (χ0v) is 20.7. The molecule has 0 saturated carbocycles. The van der Waals surface area contributed by atoms with Crippen molar-refractivity contribution in [3.8, 4) is 17.1 Å². The van der Waals surface area contributed by atoms with E-state index in [1.807, 2.05) is 70.1 Å². The van der Waals surface area contributed by atoms with E-state index in [-0.39, 0.29) is 23.5 Å². The number of nitrogens with one attached hydrogen (secondary N) is 1. The Morgan fingerprint density at radius 2 is 1.71 bits per heavy atom. The summed E-state index contributed by atoms with van der Waals surface area (Å²) in [5.74, 6) is 1.10. The van der Waals surface area contributed by atoms with Crippen LogP contribution in [0.25, 0.3) is 17.1 Å². The van der Waals surface area contributed by atoms with Gasteiger partial charge in [0, 0.05) is 50.5 Å². The highest BCUT2D eigenvalue weighted by atomic mass is 32.2. The van der Waals surface area contributed by atoms with E-state index < -0.39 is 0 Å². The van der Waals surface area contributed by atoms with Gasteiger partial charge in [0.2, 0.25) is 11.8 Å². The number of piperidine rings is 1. The highest BCUT2D eigenvalue weighted by Gasteiger charge is 2.27. The molecule has 1 aliphatic rings. The summed E-state index contributed by atoms with van der Waals surface area (Å²) in [5, 5.41) is 12.5. The number of aromatic nitrogens is 3. The van der Waals surface area contributed by atoms with Crippen molar-refractivity contribution in [3.63, 3.8) is 0 Å². The molecule has 2 aromatic carbocycles. The Kier molecular flexibility index (Phi) is 8.91. The molecule has 184 valence electrons. The Bertz CT molecular complexity index is 1100. The van der Waals surface area contributed by atoms with E-state index >= 15 is 0 Å². The lowest BCUT2D eigenvalue weighted by molar-refractivity contribution is -0.133. The summed E-state index contributed by atoms with van der Waals surface area (Å²) in [4.78, 5) is 27.2. The van der Waals surface area contributed by atoms with Gasteiger partial charge in [0.25, 0.3) is 0 Å². The zero-order valence-electron chi connectivity index (χ0n) is 19.9. The van der Waals surface area contributed by atoms with Crippen LogP contribution < -0.4 is 5.32 Å². The van der Waals surface area contributed by atoms with Crippen molar-refractivity contribution >= 4 is 23.6 Å². The molecule has 9 heteroatoms. The molecule has 0 aliphatic carbocycles. The minimum Gasteiger partial charge on any atom is -0.385 e. The summed E-state index contributed by atoms with van der Waals surface area (Å²) in [7, 11) is 1.65. The first kappa shape index (κ1) is 24.9. The minimum absolute atomic E-state index is 0.0381. The number of carbonyl (C=O) groups excluding carboxylic acids is 2. The molecular weight excluding hydrogens is 462 g/mol. The molecule has 0 unspecified atom stereocenters. The van der Waals surface area contributed by atoms with Gasteiger partial charge in [-0.1, -0.05) is 60.3 Å². The topological polar surface area (TPSA) is 89.3 Å². The molecule has 3 aromatic rings. The van der Waals surface area contributed by atoms with Gasteiger partial charge in [-0.05, 0) is 31.4 Å². The Balaban J connectivity index is 1.36. The highest BCUT2D eigenvalue weighted by molar-refractivity contribution is 7.99. The van der Waals surface area contributed by atoms with E-state index in [9.17, 15) is 9.59 Å². The standard InChI is InChI=1S/C26H31N5O3S/c1-34-18-8-15-27-25(33)21-13-16-30(17-14-21)23(32)19-35-26-29-28-24(20-9-4-2-5-10-20)31(26)22-11-6-3-7-12-22/h2-7,9-12,21H,8,13-19H2,1H3,(H,27,33). The van der Waals surface area contributed by atoms with Crippen LogP contribution in [-0.4, -0.2) is 70.6 Å². The van der Waals surface area contributed by atoms with E-state index in [1.165, 1.54) is 11.8 Å². The van der Waals surface area contributed by atoms with Crippen molar-refractivity contribution in [2.75, 3.05) is 39.1 Å². The summed E-state index contributed by atoms with van der Waals surface area (Å²) in [6.07, 6.45) is 2.17. The quantitative estimate of drug-likeness (QED) is 0.344. The Labute approximate surface area is 210 Å². The number of rotatable bonds is 10. The average molecular weight is 494 g/mol. The van der Waals surface area contributed by atoms with E-state index in [0.717, 1.165) is 23.5 Å². The summed E-state index contributed by atoms with van der Waals surface area (Å²) in [6, 6.07) is 19.8. The van der Waals surface area contributed by atoms with Gasteiger partial charge >= 0.3 is 0 Å². The van der Waals surface area contributed by atoms with Crippen LogP contribution in [0.1, 0.15) is 19.3 Å². The number of hydrogen-bond donors (Lipinski definition) is 1. The van der Waals surface area contributed by atoms with Crippen molar-refractivity contribution in [1.29, 1.82) is 0 Å². The Hall–Kier alpha value is -3.17. The van der Waals surface area contributed by atoms with Gasteiger partial charge in [-0.3, -0.25) is 14.2 Å². The first-order chi connectivity index (χ1) is 17.2. The molecule has 1 N–H and O–H groups in total. The molecule has 1 aromatic heterocycles. The molecule has 0 atom stereocenters. The summed E-state index contributed by atoms with van der Waals surface area (Å²) >= 11 is 1.39. The van der Waals surface area contributed by atoms with Crippen LogP contribution in [0.15, 0.2) is 65.8 Å². The van der Waals surface area contributed by atoms with Gasteiger partial charge < -0.3 is 15.0 Å². The van der Waals surface area contributed by atoms with Gasteiger partial charge in [-0.2, -0.15) is 0 Å². The molecule has 0 spiro atoms. The molecule has 0 bridgehead atoms. The third kappa shape index (κ3) is 6.49. The van der Waals surface area contributed by atoms with Crippen LogP contribution in [0.2, 0.25) is 0 Å². The first-order valence-corrected chi connectivity index (χ1v) is 12.9. The Morgan fingerprint density at radius 1 is 1.03 bits per heavy atom. The predicted molar refractivity (Wildman–Crippen MR) is 136 cm³/mol. The third-order valence-corrected chi connectivity index (χ3v) is 6.96. The molecule has 35 heavy (non-hydrogen) atoms. The number of nitrogens with zero attached hydrogens (tertiary/aromatic N) is 4. The van der Waals surface area contributed by atoms with Crippen molar-refractivity contribution in [3.05, 3.63) is 60.7 Å². The van der Waals surface area contributed by atoms with Crippen molar-refractivity contribution in [2.24, 2.45) is 5.92 Å². The molecular formula is C26H31N5O3S. The molecule has 1 fully saturated rings. The Morgan fingerprint density at radius 3 is 2.40 bits per heavy atom. The van der Waals surface area contributed by atoms with Gasteiger partial charge in [0.05, 0.1) is 5.75 Å². The minimum atomic E-state index is -0.0381. The van der Waals surface area contributed by atoms with Crippen molar-refractivity contribution in [2.45, 2.75) is 24.4 Å². The third-order valence-electron chi connectivity index (χ3n) is 6.05. The highest BCUT2D eigenvalue weighted by Crippen LogP contribution is 2.28. The van der Waals surface area contributed by atoms with Gasteiger partial charge in [0.1, 0.15) is 0 Å². The first-order valence-electron chi connectivity index (χ1n) is 11.9. The van der Waals surface area contributed by atoms with Crippen LogP contribution in [0, 0.1) is 5.92 Å². The number of methoxy groups -OCH3 is 1. The van der Waals surface area contributed by atoms with E-state index in [2.05, 4.69) is 15.5 Å². The fourth-order valence-corrected chi connectivity index (χ4v) is 4.98. The maximum atomic E-state index is 12.9. The molecule has 8 nitrogen and oxygen atoms in total. The molecule has 1 aliphatic heterocycles. The second-order valence-corrected chi connectivity index (χ2v) is 9.37. The number of amides is 2. The number of para-hydroxylation sites is 1. The zero-order chi connectivity index (χ0) is 24.5. The maximum Gasteiger partial charge on any atom is 0.233 e. The van der Waals surface area contributed by atoms with Crippen LogP contribution in [0.3, 0.4) is 0 Å². The van der Waals surface area contributed by atoms with Crippen LogP contribution in [0.5, 0.6) is 0 Å². The van der Waals surface area contributed by atoms with Crippen LogP contribution >= 0.6 is 11.8 Å². The number of ether oxygens (including phenoxy) is 1. The van der Waals surface area contributed by atoms with Gasteiger partial charge in [0.15, 0.2) is 11.0 Å².